The third kappa shape index (κ3) is 6.68. The number of ether oxygens (including phenoxy) is 3. The number of amides is 2. The van der Waals surface area contributed by atoms with Crippen LogP contribution in [0, 0.1) is 11.3 Å². The van der Waals surface area contributed by atoms with Gasteiger partial charge in [-0.25, -0.2) is 4.79 Å². The summed E-state index contributed by atoms with van der Waals surface area (Å²) in [7, 11) is 5.48. The van der Waals surface area contributed by atoms with E-state index in [1.54, 1.807) is 16.9 Å². The standard InChI is InChI=1S/C29H42F3N5O5/c1-35(2)9-11-42-27(39)37-16-22(26(38)36-8-5-23-19(15-36)12-20(14-33-23)29(30,31)32)28(18-37)7-4-21(13-28)34-24-6-10-41-17-25(24)40-3/h12,14,21-22,24-25,34H,4-11,13,15-18H2,1-3H3/t21-,22?,24?,25?,28+/m0/s1. The van der Waals surface area contributed by atoms with Crippen LogP contribution in [0.4, 0.5) is 18.0 Å². The van der Waals surface area contributed by atoms with Crippen molar-refractivity contribution >= 4 is 12.0 Å². The Morgan fingerprint density at radius 3 is 2.81 bits per heavy atom. The molecule has 3 fully saturated rings. The number of fused-ring (bicyclic) bond motifs is 1. The van der Waals surface area contributed by atoms with Gasteiger partial charge in [-0.15, -0.1) is 0 Å². The highest BCUT2D eigenvalue weighted by Gasteiger charge is 2.56. The van der Waals surface area contributed by atoms with Crippen molar-refractivity contribution in [2.45, 2.75) is 63.0 Å². The van der Waals surface area contributed by atoms with Crippen molar-refractivity contribution in [3.05, 3.63) is 29.1 Å². The van der Waals surface area contributed by atoms with Crippen LogP contribution in [0.2, 0.25) is 0 Å². The number of likely N-dealkylation sites (tertiary alicyclic amines) is 1. The second-order valence-electron chi connectivity index (χ2n) is 12.4. The molecule has 0 bridgehead atoms. The molecule has 1 spiro atoms. The molecule has 2 saturated heterocycles. The van der Waals surface area contributed by atoms with Crippen LogP contribution in [-0.2, 0) is 38.1 Å². The van der Waals surface area contributed by atoms with Gasteiger partial charge in [0.15, 0.2) is 0 Å². The summed E-state index contributed by atoms with van der Waals surface area (Å²) in [4.78, 5) is 36.5. The zero-order valence-electron chi connectivity index (χ0n) is 24.6. The van der Waals surface area contributed by atoms with E-state index in [0.717, 1.165) is 31.5 Å². The number of methoxy groups -OCH3 is 1. The number of alkyl halides is 3. The van der Waals surface area contributed by atoms with E-state index in [9.17, 15) is 22.8 Å². The van der Waals surface area contributed by atoms with E-state index in [-0.39, 0.29) is 43.8 Å². The first-order valence-corrected chi connectivity index (χ1v) is 14.8. The monoisotopic (exact) mass is 597 g/mol. The molecule has 4 aliphatic rings. The van der Waals surface area contributed by atoms with Crippen molar-refractivity contribution in [2.24, 2.45) is 11.3 Å². The SMILES string of the molecule is COC1COCCC1N[C@H]1CC[C@@]2(C1)CN(C(=O)OCCN(C)C)CC2C(=O)N1CCc2ncc(C(F)(F)F)cc2C1. The predicted octanol–water partition coefficient (Wildman–Crippen LogP) is 2.55. The van der Waals surface area contributed by atoms with E-state index in [1.807, 2.05) is 19.0 Å². The minimum atomic E-state index is -4.50. The van der Waals surface area contributed by atoms with Crippen molar-refractivity contribution in [1.29, 1.82) is 0 Å². The zero-order chi connectivity index (χ0) is 30.1. The number of rotatable bonds is 7. The highest BCUT2D eigenvalue weighted by Crippen LogP contribution is 2.50. The van der Waals surface area contributed by atoms with Crippen molar-refractivity contribution in [2.75, 3.05) is 67.2 Å². The summed E-state index contributed by atoms with van der Waals surface area (Å²) in [6.45, 7) is 3.12. The summed E-state index contributed by atoms with van der Waals surface area (Å²) in [5.74, 6) is -0.595. The molecule has 5 atom stereocenters. The van der Waals surface area contributed by atoms with Gasteiger partial charge >= 0.3 is 12.3 Å². The Balaban J connectivity index is 1.33. The van der Waals surface area contributed by atoms with Crippen LogP contribution >= 0.6 is 0 Å². The van der Waals surface area contributed by atoms with E-state index in [0.29, 0.717) is 56.9 Å². The van der Waals surface area contributed by atoms with E-state index in [2.05, 4.69) is 10.3 Å². The molecule has 1 N–H and O–H groups in total. The molecule has 3 unspecified atom stereocenters. The van der Waals surface area contributed by atoms with Gasteiger partial charge in [-0.1, -0.05) is 0 Å². The molecule has 1 aliphatic carbocycles. The van der Waals surface area contributed by atoms with Gasteiger partial charge in [-0.3, -0.25) is 9.78 Å². The molecular formula is C29H42F3N5O5. The van der Waals surface area contributed by atoms with Crippen LogP contribution in [0.5, 0.6) is 0 Å². The van der Waals surface area contributed by atoms with Crippen LogP contribution < -0.4 is 5.32 Å². The van der Waals surface area contributed by atoms with Gasteiger partial charge in [0.05, 0.1) is 24.2 Å². The molecule has 0 radical (unpaired) electrons. The van der Waals surface area contributed by atoms with Crippen molar-refractivity contribution in [3.63, 3.8) is 0 Å². The van der Waals surface area contributed by atoms with Gasteiger partial charge in [-0.05, 0) is 51.4 Å². The van der Waals surface area contributed by atoms with Gasteiger partial charge < -0.3 is 34.2 Å². The number of halogens is 3. The summed E-state index contributed by atoms with van der Waals surface area (Å²) >= 11 is 0. The number of carbonyl (C=O) groups is 2. The molecule has 42 heavy (non-hydrogen) atoms. The lowest BCUT2D eigenvalue weighted by molar-refractivity contribution is -0.139. The molecule has 4 heterocycles. The highest BCUT2D eigenvalue weighted by molar-refractivity contribution is 5.82. The lowest BCUT2D eigenvalue weighted by Gasteiger charge is -2.36. The summed E-state index contributed by atoms with van der Waals surface area (Å²) in [6.07, 6.45) is -0.593. The average Bonchev–Trinajstić information content (AvgIpc) is 3.54. The van der Waals surface area contributed by atoms with Crippen molar-refractivity contribution in [3.8, 4) is 0 Å². The van der Waals surface area contributed by atoms with Gasteiger partial charge in [-0.2, -0.15) is 13.2 Å². The first-order valence-electron chi connectivity index (χ1n) is 14.8. The number of hydrogen-bond donors (Lipinski definition) is 1. The highest BCUT2D eigenvalue weighted by atomic mass is 19.4. The van der Waals surface area contributed by atoms with Crippen LogP contribution in [0.15, 0.2) is 12.3 Å². The molecule has 5 rings (SSSR count). The molecule has 1 saturated carbocycles. The fourth-order valence-corrected chi connectivity index (χ4v) is 7.04. The number of nitrogens with zero attached hydrogens (tertiary/aromatic N) is 4. The molecule has 10 nitrogen and oxygen atoms in total. The summed E-state index contributed by atoms with van der Waals surface area (Å²) in [5.41, 5.74) is -0.247. The lowest BCUT2D eigenvalue weighted by Crippen LogP contribution is -2.51. The third-order valence-corrected chi connectivity index (χ3v) is 9.35. The lowest BCUT2D eigenvalue weighted by atomic mass is 9.75. The second kappa shape index (κ2) is 12.6. The second-order valence-corrected chi connectivity index (χ2v) is 12.4. The van der Waals surface area contributed by atoms with Gasteiger partial charge in [0, 0.05) is 82.3 Å². The minimum Gasteiger partial charge on any atom is -0.448 e. The van der Waals surface area contributed by atoms with Crippen LogP contribution in [0.3, 0.4) is 0 Å². The first kappa shape index (κ1) is 31.0. The van der Waals surface area contributed by atoms with Gasteiger partial charge in [0.1, 0.15) is 6.61 Å². The Labute approximate surface area is 244 Å². The Morgan fingerprint density at radius 1 is 1.26 bits per heavy atom. The number of carbonyl (C=O) groups excluding carboxylic acids is 2. The summed E-state index contributed by atoms with van der Waals surface area (Å²) in [6, 6.07) is 1.39. The van der Waals surface area contributed by atoms with Crippen molar-refractivity contribution in [1.82, 2.24) is 25.0 Å². The molecule has 1 aromatic heterocycles. The normalized spacial score (nSPS) is 29.8. The molecular weight excluding hydrogens is 555 g/mol. The van der Waals surface area contributed by atoms with Crippen LogP contribution in [0.25, 0.3) is 0 Å². The largest absolute Gasteiger partial charge is 0.448 e. The third-order valence-electron chi connectivity index (χ3n) is 9.35. The fourth-order valence-electron chi connectivity index (χ4n) is 7.04. The molecule has 3 aliphatic heterocycles. The molecule has 2 amide bonds. The molecule has 1 aromatic rings. The molecule has 0 aromatic carbocycles. The van der Waals surface area contributed by atoms with Crippen LogP contribution in [-0.4, -0.2) is 117 Å². The minimum absolute atomic E-state index is 0.0527. The van der Waals surface area contributed by atoms with E-state index >= 15 is 0 Å². The Morgan fingerprint density at radius 2 is 2.07 bits per heavy atom. The van der Waals surface area contributed by atoms with E-state index in [1.165, 1.54) is 0 Å². The fraction of sp³-hybridized carbons (Fsp3) is 0.759. The number of likely N-dealkylation sites (N-methyl/N-ethyl adjacent to an activating group) is 1. The molecule has 13 heteroatoms. The maximum atomic E-state index is 14.2. The Hall–Kier alpha value is -2.48. The topological polar surface area (TPSA) is 96.5 Å². The first-order chi connectivity index (χ1) is 20.0. The van der Waals surface area contributed by atoms with E-state index < -0.39 is 29.2 Å². The average molecular weight is 598 g/mol. The smallest absolute Gasteiger partial charge is 0.417 e. The summed E-state index contributed by atoms with van der Waals surface area (Å²) < 4.78 is 56.9. The maximum Gasteiger partial charge on any atom is 0.417 e. The summed E-state index contributed by atoms with van der Waals surface area (Å²) in [5, 5.41) is 3.75. The predicted molar refractivity (Wildman–Crippen MR) is 147 cm³/mol. The van der Waals surface area contributed by atoms with Gasteiger partial charge in [0.25, 0.3) is 0 Å². The van der Waals surface area contributed by atoms with Gasteiger partial charge in [0.2, 0.25) is 5.91 Å². The number of aromatic nitrogens is 1. The maximum absolute atomic E-state index is 14.2. The Kier molecular flexibility index (Phi) is 9.31. The quantitative estimate of drug-likeness (QED) is 0.513. The van der Waals surface area contributed by atoms with Crippen molar-refractivity contribution < 1.29 is 37.0 Å². The van der Waals surface area contributed by atoms with Crippen LogP contribution in [0.1, 0.15) is 42.5 Å². The number of nitrogens with one attached hydrogen (secondary N) is 1. The zero-order valence-corrected chi connectivity index (χ0v) is 24.6. The molecule has 234 valence electrons. The number of hydrogen-bond acceptors (Lipinski definition) is 8. The Bertz CT molecular complexity index is 1140. The van der Waals surface area contributed by atoms with E-state index in [4.69, 9.17) is 14.2 Å². The number of pyridine rings is 1.